The predicted octanol–water partition coefficient (Wildman–Crippen LogP) is 3.52. The number of ether oxygens (including phenoxy) is 1. The maximum atomic E-state index is 12.1. The van der Waals surface area contributed by atoms with Gasteiger partial charge >= 0.3 is 5.97 Å². The van der Waals surface area contributed by atoms with Crippen molar-refractivity contribution in [2.75, 3.05) is 11.9 Å². The molecule has 2 N–H and O–H groups in total. The maximum absolute atomic E-state index is 12.1. The summed E-state index contributed by atoms with van der Waals surface area (Å²) in [6, 6.07) is 6.39. The summed E-state index contributed by atoms with van der Waals surface area (Å²) < 4.78 is 10.7. The van der Waals surface area contributed by atoms with Gasteiger partial charge in [0.15, 0.2) is 0 Å². The molecule has 0 saturated heterocycles. The number of benzene rings is 1. The standard InChI is InChI=1S/C17H21NO5/c1-10(2)6-7-22-11(3)16(19)18-13-4-5-14-12(8-13)9-15(23-14)17(20)21/h4-5,8-11H,6-7H2,1-3H3,(H,18,19)(H,20,21). The Morgan fingerprint density at radius 3 is 2.65 bits per heavy atom. The van der Waals surface area contributed by atoms with Crippen molar-refractivity contribution >= 4 is 28.5 Å². The Morgan fingerprint density at radius 1 is 1.26 bits per heavy atom. The van der Waals surface area contributed by atoms with Crippen LogP contribution in [0.15, 0.2) is 28.7 Å². The minimum absolute atomic E-state index is 0.131. The van der Waals surface area contributed by atoms with Crippen LogP contribution in [-0.4, -0.2) is 29.7 Å². The Bertz CT molecular complexity index is 704. The van der Waals surface area contributed by atoms with E-state index in [4.69, 9.17) is 14.3 Å². The van der Waals surface area contributed by atoms with E-state index in [1.807, 2.05) is 0 Å². The Morgan fingerprint density at radius 2 is 2.00 bits per heavy atom. The molecule has 124 valence electrons. The van der Waals surface area contributed by atoms with Crippen LogP contribution in [0.4, 0.5) is 5.69 Å². The Balaban J connectivity index is 2.00. The summed E-state index contributed by atoms with van der Waals surface area (Å²) in [5, 5.41) is 12.3. The van der Waals surface area contributed by atoms with E-state index in [0.717, 1.165) is 6.42 Å². The number of carboxylic acid groups (broad SMARTS) is 1. The van der Waals surface area contributed by atoms with Crippen LogP contribution in [0.5, 0.6) is 0 Å². The van der Waals surface area contributed by atoms with Gasteiger partial charge in [0.2, 0.25) is 5.76 Å². The lowest BCUT2D eigenvalue weighted by molar-refractivity contribution is -0.126. The van der Waals surface area contributed by atoms with E-state index in [9.17, 15) is 9.59 Å². The van der Waals surface area contributed by atoms with Crippen LogP contribution in [0.25, 0.3) is 11.0 Å². The number of rotatable bonds is 7. The van der Waals surface area contributed by atoms with E-state index in [0.29, 0.717) is 29.2 Å². The van der Waals surface area contributed by atoms with Crippen molar-refractivity contribution in [1.82, 2.24) is 0 Å². The molecule has 1 atom stereocenters. The third-order valence-corrected chi connectivity index (χ3v) is 3.43. The highest BCUT2D eigenvalue weighted by molar-refractivity contribution is 5.97. The van der Waals surface area contributed by atoms with Crippen LogP contribution >= 0.6 is 0 Å². The highest BCUT2D eigenvalue weighted by atomic mass is 16.5. The molecule has 1 aromatic heterocycles. The van der Waals surface area contributed by atoms with Gasteiger partial charge in [-0.15, -0.1) is 0 Å². The van der Waals surface area contributed by atoms with Crippen molar-refractivity contribution in [3.63, 3.8) is 0 Å². The number of furan rings is 1. The molecule has 1 aromatic carbocycles. The molecular formula is C17H21NO5. The van der Waals surface area contributed by atoms with Gasteiger partial charge in [0.1, 0.15) is 11.7 Å². The number of hydrogen-bond acceptors (Lipinski definition) is 4. The smallest absolute Gasteiger partial charge is 0.371 e. The fourth-order valence-corrected chi connectivity index (χ4v) is 2.03. The van der Waals surface area contributed by atoms with Crippen molar-refractivity contribution in [3.05, 3.63) is 30.0 Å². The molecule has 0 aliphatic rings. The summed E-state index contributed by atoms with van der Waals surface area (Å²) in [4.78, 5) is 23.0. The van der Waals surface area contributed by atoms with Gasteiger partial charge in [-0.2, -0.15) is 0 Å². The second-order valence-electron chi connectivity index (χ2n) is 5.85. The second-order valence-corrected chi connectivity index (χ2v) is 5.85. The molecule has 0 saturated carbocycles. The van der Waals surface area contributed by atoms with Gasteiger partial charge in [-0.25, -0.2) is 4.79 Å². The molecule has 6 heteroatoms. The van der Waals surface area contributed by atoms with Gasteiger partial charge in [0.05, 0.1) is 0 Å². The molecule has 2 rings (SSSR count). The molecule has 2 aromatic rings. The highest BCUT2D eigenvalue weighted by Crippen LogP contribution is 2.23. The van der Waals surface area contributed by atoms with Crippen molar-refractivity contribution in [3.8, 4) is 0 Å². The molecule has 1 heterocycles. The average Bonchev–Trinajstić information content (AvgIpc) is 2.90. The summed E-state index contributed by atoms with van der Waals surface area (Å²) in [6.07, 6.45) is 0.347. The summed E-state index contributed by atoms with van der Waals surface area (Å²) in [5.41, 5.74) is 1.03. The highest BCUT2D eigenvalue weighted by Gasteiger charge is 2.15. The van der Waals surface area contributed by atoms with Crippen LogP contribution in [-0.2, 0) is 9.53 Å². The fraction of sp³-hybridized carbons (Fsp3) is 0.412. The number of carbonyl (C=O) groups excluding carboxylic acids is 1. The van der Waals surface area contributed by atoms with E-state index in [1.54, 1.807) is 25.1 Å². The number of fused-ring (bicyclic) bond motifs is 1. The molecule has 0 aliphatic heterocycles. The molecule has 0 spiro atoms. The van der Waals surface area contributed by atoms with Crippen LogP contribution in [0, 0.1) is 5.92 Å². The van der Waals surface area contributed by atoms with Gasteiger partial charge in [0, 0.05) is 17.7 Å². The van der Waals surface area contributed by atoms with E-state index in [-0.39, 0.29) is 11.7 Å². The Kier molecular flexibility index (Phi) is 5.39. The number of carbonyl (C=O) groups is 2. The second kappa shape index (κ2) is 7.28. The van der Waals surface area contributed by atoms with Crippen LogP contribution in [0.3, 0.4) is 0 Å². The third-order valence-electron chi connectivity index (χ3n) is 3.43. The lowest BCUT2D eigenvalue weighted by atomic mass is 10.1. The molecule has 1 unspecified atom stereocenters. The normalized spacial score (nSPS) is 12.5. The summed E-state index contributed by atoms with van der Waals surface area (Å²) in [5.74, 6) is -0.972. The Labute approximate surface area is 134 Å². The van der Waals surface area contributed by atoms with Gasteiger partial charge in [-0.05, 0) is 43.5 Å². The molecule has 0 radical (unpaired) electrons. The number of hydrogen-bond donors (Lipinski definition) is 2. The van der Waals surface area contributed by atoms with Crippen LogP contribution < -0.4 is 5.32 Å². The number of anilines is 1. The van der Waals surface area contributed by atoms with Crippen molar-refractivity contribution < 1.29 is 23.8 Å². The number of aromatic carboxylic acids is 1. The predicted molar refractivity (Wildman–Crippen MR) is 86.7 cm³/mol. The van der Waals surface area contributed by atoms with Gasteiger partial charge in [-0.1, -0.05) is 13.8 Å². The molecule has 0 bridgehead atoms. The minimum atomic E-state index is -1.13. The van der Waals surface area contributed by atoms with E-state index in [1.165, 1.54) is 6.07 Å². The first-order chi connectivity index (χ1) is 10.9. The van der Waals surface area contributed by atoms with Crippen molar-refractivity contribution in [1.29, 1.82) is 0 Å². The first-order valence-corrected chi connectivity index (χ1v) is 7.56. The minimum Gasteiger partial charge on any atom is -0.475 e. The quantitative estimate of drug-likeness (QED) is 0.815. The SMILES string of the molecule is CC(C)CCOC(C)C(=O)Nc1ccc2oc(C(=O)O)cc2c1. The zero-order chi connectivity index (χ0) is 17.0. The van der Waals surface area contributed by atoms with Crippen molar-refractivity contribution in [2.45, 2.75) is 33.3 Å². The molecule has 23 heavy (non-hydrogen) atoms. The lowest BCUT2D eigenvalue weighted by Crippen LogP contribution is -2.28. The zero-order valence-electron chi connectivity index (χ0n) is 13.5. The van der Waals surface area contributed by atoms with Crippen LogP contribution in [0.2, 0.25) is 0 Å². The van der Waals surface area contributed by atoms with Crippen molar-refractivity contribution in [2.24, 2.45) is 5.92 Å². The van der Waals surface area contributed by atoms with E-state index >= 15 is 0 Å². The fourth-order valence-electron chi connectivity index (χ4n) is 2.03. The topological polar surface area (TPSA) is 88.8 Å². The summed E-state index contributed by atoms with van der Waals surface area (Å²) in [7, 11) is 0. The van der Waals surface area contributed by atoms with E-state index < -0.39 is 12.1 Å². The summed E-state index contributed by atoms with van der Waals surface area (Å²) in [6.45, 7) is 6.43. The van der Waals surface area contributed by atoms with Crippen LogP contribution in [0.1, 0.15) is 37.7 Å². The number of carboxylic acids is 1. The van der Waals surface area contributed by atoms with Gasteiger partial charge < -0.3 is 19.6 Å². The average molecular weight is 319 g/mol. The number of amides is 1. The van der Waals surface area contributed by atoms with Gasteiger partial charge in [0.25, 0.3) is 5.91 Å². The summed E-state index contributed by atoms with van der Waals surface area (Å²) >= 11 is 0. The van der Waals surface area contributed by atoms with E-state index in [2.05, 4.69) is 19.2 Å². The third kappa shape index (κ3) is 4.56. The molecule has 1 amide bonds. The monoisotopic (exact) mass is 319 g/mol. The largest absolute Gasteiger partial charge is 0.475 e. The molecule has 0 aliphatic carbocycles. The molecule has 0 fully saturated rings. The molecular weight excluding hydrogens is 298 g/mol. The maximum Gasteiger partial charge on any atom is 0.371 e. The van der Waals surface area contributed by atoms with Gasteiger partial charge in [-0.3, -0.25) is 4.79 Å². The molecule has 6 nitrogen and oxygen atoms in total. The lowest BCUT2D eigenvalue weighted by Gasteiger charge is -2.14. The first-order valence-electron chi connectivity index (χ1n) is 7.56. The first kappa shape index (κ1) is 17.0. The zero-order valence-corrected chi connectivity index (χ0v) is 13.5. The number of nitrogens with one attached hydrogen (secondary N) is 1. The Hall–Kier alpha value is -2.34.